The highest BCUT2D eigenvalue weighted by Crippen LogP contribution is 2.12. The molecule has 0 aliphatic carbocycles. The summed E-state index contributed by atoms with van der Waals surface area (Å²) in [5.74, 6) is -0.115. The van der Waals surface area contributed by atoms with E-state index in [1.807, 2.05) is 27.8 Å². The van der Waals surface area contributed by atoms with E-state index in [1.165, 1.54) is 0 Å². The van der Waals surface area contributed by atoms with Crippen LogP contribution in [0.25, 0.3) is 11.0 Å². The third-order valence-electron chi connectivity index (χ3n) is 2.32. The van der Waals surface area contributed by atoms with E-state index in [2.05, 4.69) is 15.4 Å². The Labute approximate surface area is 99.8 Å². The van der Waals surface area contributed by atoms with Crippen molar-refractivity contribution in [3.8, 4) is 0 Å². The second-order valence-corrected chi connectivity index (χ2v) is 5.11. The third kappa shape index (κ3) is 2.43. The minimum atomic E-state index is -0.249. The maximum absolute atomic E-state index is 11.9. The molecule has 2 heterocycles. The Morgan fingerprint density at radius 3 is 2.71 bits per heavy atom. The average Bonchev–Trinajstić information content (AvgIpc) is 2.57. The van der Waals surface area contributed by atoms with E-state index in [4.69, 9.17) is 0 Å². The second-order valence-electron chi connectivity index (χ2n) is 5.11. The lowest BCUT2D eigenvalue weighted by atomic mass is 10.1. The molecule has 17 heavy (non-hydrogen) atoms. The van der Waals surface area contributed by atoms with Gasteiger partial charge in [0.05, 0.1) is 11.8 Å². The van der Waals surface area contributed by atoms with Gasteiger partial charge in [-0.2, -0.15) is 5.10 Å². The number of nitrogens with one attached hydrogen (secondary N) is 1. The Kier molecular flexibility index (Phi) is 2.61. The van der Waals surface area contributed by atoms with E-state index in [0.29, 0.717) is 5.56 Å². The van der Waals surface area contributed by atoms with Crippen LogP contribution in [0.2, 0.25) is 0 Å². The van der Waals surface area contributed by atoms with Crippen LogP contribution in [0.1, 0.15) is 31.1 Å². The third-order valence-corrected chi connectivity index (χ3v) is 2.32. The molecule has 0 bridgehead atoms. The van der Waals surface area contributed by atoms with Gasteiger partial charge in [0.15, 0.2) is 5.65 Å². The van der Waals surface area contributed by atoms with Crippen LogP contribution in [0, 0.1) is 0 Å². The zero-order valence-corrected chi connectivity index (χ0v) is 10.5. The molecule has 0 aliphatic heterocycles. The van der Waals surface area contributed by atoms with Crippen molar-refractivity contribution in [1.82, 2.24) is 20.1 Å². The SMILES string of the molecule is Cn1ncc2cc(C(=O)NC(C)(C)C)cnc21. The van der Waals surface area contributed by atoms with Gasteiger partial charge in [-0.1, -0.05) is 0 Å². The summed E-state index contributed by atoms with van der Waals surface area (Å²) in [6.45, 7) is 5.84. The monoisotopic (exact) mass is 232 g/mol. The molecule has 0 aliphatic rings. The summed E-state index contributed by atoms with van der Waals surface area (Å²) in [6, 6.07) is 1.80. The van der Waals surface area contributed by atoms with Crippen LogP contribution in [0.4, 0.5) is 0 Å². The number of aromatic nitrogens is 3. The molecule has 5 heteroatoms. The first-order valence-electron chi connectivity index (χ1n) is 5.47. The fourth-order valence-corrected chi connectivity index (χ4v) is 1.58. The van der Waals surface area contributed by atoms with Crippen molar-refractivity contribution in [2.24, 2.45) is 7.05 Å². The molecule has 1 N–H and O–H groups in total. The summed E-state index contributed by atoms with van der Waals surface area (Å²) in [7, 11) is 1.82. The van der Waals surface area contributed by atoms with Crippen LogP contribution in [0.15, 0.2) is 18.5 Å². The van der Waals surface area contributed by atoms with Crippen LogP contribution >= 0.6 is 0 Å². The maximum atomic E-state index is 11.9. The van der Waals surface area contributed by atoms with Gasteiger partial charge in [0.2, 0.25) is 0 Å². The summed E-state index contributed by atoms with van der Waals surface area (Å²) < 4.78 is 1.68. The van der Waals surface area contributed by atoms with Crippen molar-refractivity contribution >= 4 is 16.9 Å². The van der Waals surface area contributed by atoms with Crippen molar-refractivity contribution in [3.05, 3.63) is 24.0 Å². The molecule has 2 aromatic heterocycles. The van der Waals surface area contributed by atoms with Crippen molar-refractivity contribution in [3.63, 3.8) is 0 Å². The van der Waals surface area contributed by atoms with E-state index >= 15 is 0 Å². The maximum Gasteiger partial charge on any atom is 0.253 e. The molecule has 0 aromatic carbocycles. The minimum absolute atomic E-state index is 0.115. The van der Waals surface area contributed by atoms with Crippen molar-refractivity contribution in [2.75, 3.05) is 0 Å². The fourth-order valence-electron chi connectivity index (χ4n) is 1.58. The Balaban J connectivity index is 2.33. The van der Waals surface area contributed by atoms with Gasteiger partial charge < -0.3 is 5.32 Å². The number of hydrogen-bond donors (Lipinski definition) is 1. The van der Waals surface area contributed by atoms with Crippen molar-refractivity contribution in [2.45, 2.75) is 26.3 Å². The van der Waals surface area contributed by atoms with E-state index in [0.717, 1.165) is 11.0 Å². The van der Waals surface area contributed by atoms with Gasteiger partial charge in [0, 0.05) is 24.2 Å². The number of hydrogen-bond acceptors (Lipinski definition) is 3. The first-order valence-corrected chi connectivity index (χ1v) is 5.47. The first kappa shape index (κ1) is 11.6. The summed E-state index contributed by atoms with van der Waals surface area (Å²) in [5.41, 5.74) is 1.08. The molecule has 0 spiro atoms. The second kappa shape index (κ2) is 3.84. The summed E-state index contributed by atoms with van der Waals surface area (Å²) in [5, 5.41) is 7.86. The molecule has 2 aromatic rings. The minimum Gasteiger partial charge on any atom is -0.347 e. The predicted molar refractivity (Wildman–Crippen MR) is 65.7 cm³/mol. The zero-order chi connectivity index (χ0) is 12.6. The molecule has 5 nitrogen and oxygen atoms in total. The molecule has 90 valence electrons. The molecule has 0 unspecified atom stereocenters. The van der Waals surface area contributed by atoms with Crippen LogP contribution in [0.5, 0.6) is 0 Å². The van der Waals surface area contributed by atoms with Crippen LogP contribution < -0.4 is 5.32 Å². The molecule has 0 radical (unpaired) electrons. The van der Waals surface area contributed by atoms with Gasteiger partial charge in [-0.05, 0) is 26.8 Å². The molecular weight excluding hydrogens is 216 g/mol. The lowest BCUT2D eigenvalue weighted by molar-refractivity contribution is 0.0919. The first-order chi connectivity index (χ1) is 7.87. The highest BCUT2D eigenvalue weighted by Gasteiger charge is 2.16. The zero-order valence-electron chi connectivity index (χ0n) is 10.5. The number of nitrogens with zero attached hydrogens (tertiary/aromatic N) is 3. The Bertz CT molecular complexity index is 565. The number of pyridine rings is 1. The van der Waals surface area contributed by atoms with Crippen molar-refractivity contribution < 1.29 is 4.79 Å². The number of carbonyl (C=O) groups is 1. The topological polar surface area (TPSA) is 59.8 Å². The number of aryl methyl sites for hydroxylation is 1. The van der Waals surface area contributed by atoms with Gasteiger partial charge in [-0.3, -0.25) is 9.48 Å². The molecule has 0 saturated carbocycles. The van der Waals surface area contributed by atoms with E-state index < -0.39 is 0 Å². The molecular formula is C12H16N4O. The van der Waals surface area contributed by atoms with E-state index in [-0.39, 0.29) is 11.4 Å². The van der Waals surface area contributed by atoms with Crippen LogP contribution in [0.3, 0.4) is 0 Å². The van der Waals surface area contributed by atoms with Gasteiger partial charge in [-0.25, -0.2) is 4.98 Å². The van der Waals surface area contributed by atoms with Crippen molar-refractivity contribution in [1.29, 1.82) is 0 Å². The van der Waals surface area contributed by atoms with Gasteiger partial charge >= 0.3 is 0 Å². The fraction of sp³-hybridized carbons (Fsp3) is 0.417. The van der Waals surface area contributed by atoms with Gasteiger partial charge in [-0.15, -0.1) is 0 Å². The average molecular weight is 232 g/mol. The van der Waals surface area contributed by atoms with Gasteiger partial charge in [0.1, 0.15) is 0 Å². The molecule has 0 fully saturated rings. The van der Waals surface area contributed by atoms with E-state index in [1.54, 1.807) is 23.1 Å². The highest BCUT2D eigenvalue weighted by atomic mass is 16.1. The quantitative estimate of drug-likeness (QED) is 0.810. The molecule has 0 atom stereocenters. The number of fused-ring (bicyclic) bond motifs is 1. The number of carbonyl (C=O) groups excluding carboxylic acids is 1. The smallest absolute Gasteiger partial charge is 0.253 e. The predicted octanol–water partition coefficient (Wildman–Crippen LogP) is 1.50. The molecule has 0 saturated heterocycles. The van der Waals surface area contributed by atoms with Gasteiger partial charge in [0.25, 0.3) is 5.91 Å². The Morgan fingerprint density at radius 2 is 2.06 bits per heavy atom. The summed E-state index contributed by atoms with van der Waals surface area (Å²) in [4.78, 5) is 16.2. The Morgan fingerprint density at radius 1 is 1.35 bits per heavy atom. The molecule has 1 amide bonds. The normalized spacial score (nSPS) is 11.8. The largest absolute Gasteiger partial charge is 0.347 e. The highest BCUT2D eigenvalue weighted by molar-refractivity contribution is 5.97. The number of rotatable bonds is 1. The summed E-state index contributed by atoms with van der Waals surface area (Å²) >= 11 is 0. The Hall–Kier alpha value is -1.91. The lowest BCUT2D eigenvalue weighted by Gasteiger charge is -2.20. The number of amides is 1. The molecule has 2 rings (SSSR count). The van der Waals surface area contributed by atoms with Crippen LogP contribution in [-0.2, 0) is 7.05 Å². The lowest BCUT2D eigenvalue weighted by Crippen LogP contribution is -2.40. The van der Waals surface area contributed by atoms with Crippen LogP contribution in [-0.4, -0.2) is 26.2 Å². The van der Waals surface area contributed by atoms with E-state index in [9.17, 15) is 4.79 Å². The summed E-state index contributed by atoms with van der Waals surface area (Å²) in [6.07, 6.45) is 3.28. The standard InChI is InChI=1S/C12H16N4O/c1-12(2,3)15-11(17)9-5-8-7-14-16(4)10(8)13-6-9/h5-7H,1-4H3,(H,15,17).